The minimum Gasteiger partial charge on any atom is -0.330 e. The molecule has 1 atom stereocenters. The third-order valence-corrected chi connectivity index (χ3v) is 2.75. The second-order valence-corrected chi connectivity index (χ2v) is 4.74. The van der Waals surface area contributed by atoms with Gasteiger partial charge in [0.2, 0.25) is 0 Å². The van der Waals surface area contributed by atoms with Crippen LogP contribution in [0.15, 0.2) is 0 Å². The topological polar surface area (TPSA) is 29.3 Å². The highest BCUT2D eigenvalue weighted by molar-refractivity contribution is 4.90. The molecule has 0 radical (unpaired) electrons. The van der Waals surface area contributed by atoms with Gasteiger partial charge in [0.25, 0.3) is 0 Å². The van der Waals surface area contributed by atoms with Crippen LogP contribution in [0.3, 0.4) is 0 Å². The molecule has 12 heavy (non-hydrogen) atoms. The first kappa shape index (κ1) is 10.0. The van der Waals surface area contributed by atoms with Gasteiger partial charge in [-0.15, -0.1) is 0 Å². The van der Waals surface area contributed by atoms with Gasteiger partial charge in [0, 0.05) is 18.1 Å². The lowest BCUT2D eigenvalue weighted by Gasteiger charge is -2.49. The maximum absolute atomic E-state index is 5.49. The molecule has 0 bridgehead atoms. The number of hydrogen-bond acceptors (Lipinski definition) is 2. The lowest BCUT2D eigenvalue weighted by Crippen LogP contribution is -2.57. The Hall–Kier alpha value is -0.0800. The van der Waals surface area contributed by atoms with Crippen molar-refractivity contribution in [3.05, 3.63) is 0 Å². The Morgan fingerprint density at radius 2 is 2.08 bits per heavy atom. The van der Waals surface area contributed by atoms with E-state index in [1.54, 1.807) is 0 Å². The lowest BCUT2D eigenvalue weighted by molar-refractivity contribution is -0.00297. The molecule has 0 aromatic rings. The normalized spacial score (nSPS) is 25.5. The first-order valence-corrected chi connectivity index (χ1v) is 5.02. The van der Waals surface area contributed by atoms with Gasteiger partial charge in [-0.05, 0) is 46.6 Å². The fraction of sp³-hybridized carbons (Fsp3) is 1.00. The van der Waals surface area contributed by atoms with Crippen molar-refractivity contribution in [2.75, 3.05) is 13.1 Å². The van der Waals surface area contributed by atoms with E-state index in [9.17, 15) is 0 Å². The van der Waals surface area contributed by atoms with Crippen LogP contribution >= 0.6 is 0 Å². The Morgan fingerprint density at radius 1 is 1.42 bits per heavy atom. The molecular formula is C10H22N2. The third kappa shape index (κ3) is 2.20. The molecule has 0 saturated carbocycles. The van der Waals surface area contributed by atoms with E-state index < -0.39 is 0 Å². The number of hydrogen-bond donors (Lipinski definition) is 1. The molecule has 0 amide bonds. The molecule has 2 heteroatoms. The van der Waals surface area contributed by atoms with Gasteiger partial charge in [0.05, 0.1) is 0 Å². The largest absolute Gasteiger partial charge is 0.330 e. The summed E-state index contributed by atoms with van der Waals surface area (Å²) in [5, 5.41) is 0. The predicted molar refractivity (Wildman–Crippen MR) is 53.2 cm³/mol. The molecule has 1 saturated heterocycles. The van der Waals surface area contributed by atoms with Crippen molar-refractivity contribution >= 4 is 0 Å². The number of rotatable bonds is 3. The summed E-state index contributed by atoms with van der Waals surface area (Å²) >= 11 is 0. The van der Waals surface area contributed by atoms with Crippen LogP contribution in [-0.4, -0.2) is 29.6 Å². The van der Waals surface area contributed by atoms with Crippen LogP contribution in [0.5, 0.6) is 0 Å². The molecule has 1 heterocycles. The summed E-state index contributed by atoms with van der Waals surface area (Å²) in [4.78, 5) is 2.59. The first-order valence-electron chi connectivity index (χ1n) is 5.02. The standard InChI is InChI=1S/C10H22N2/c1-10(2,3)12-8-6-9(12)5-4-7-11/h9H,4-8,11H2,1-3H3. The highest BCUT2D eigenvalue weighted by Crippen LogP contribution is 2.29. The molecule has 1 aliphatic heterocycles. The van der Waals surface area contributed by atoms with Gasteiger partial charge in [0.15, 0.2) is 0 Å². The van der Waals surface area contributed by atoms with E-state index in [2.05, 4.69) is 25.7 Å². The minimum absolute atomic E-state index is 0.359. The number of nitrogens with zero attached hydrogens (tertiary/aromatic N) is 1. The van der Waals surface area contributed by atoms with Crippen molar-refractivity contribution in [1.29, 1.82) is 0 Å². The molecule has 72 valence electrons. The zero-order valence-corrected chi connectivity index (χ0v) is 8.64. The Kier molecular flexibility index (Phi) is 3.13. The van der Waals surface area contributed by atoms with E-state index in [1.807, 2.05) is 0 Å². The van der Waals surface area contributed by atoms with E-state index in [0.29, 0.717) is 5.54 Å². The van der Waals surface area contributed by atoms with Gasteiger partial charge in [-0.3, -0.25) is 4.90 Å². The van der Waals surface area contributed by atoms with Crippen LogP contribution in [-0.2, 0) is 0 Å². The molecule has 2 N–H and O–H groups in total. The fourth-order valence-electron chi connectivity index (χ4n) is 1.98. The zero-order chi connectivity index (χ0) is 9.19. The molecule has 0 aromatic heterocycles. The van der Waals surface area contributed by atoms with E-state index in [0.717, 1.165) is 12.6 Å². The Bertz CT molecular complexity index is 137. The zero-order valence-electron chi connectivity index (χ0n) is 8.64. The van der Waals surface area contributed by atoms with Crippen LogP contribution in [0.25, 0.3) is 0 Å². The van der Waals surface area contributed by atoms with E-state index in [1.165, 1.54) is 25.8 Å². The number of likely N-dealkylation sites (tertiary alicyclic amines) is 1. The second-order valence-electron chi connectivity index (χ2n) is 4.74. The van der Waals surface area contributed by atoms with Crippen LogP contribution in [0, 0.1) is 0 Å². The van der Waals surface area contributed by atoms with Gasteiger partial charge < -0.3 is 5.73 Å². The Labute approximate surface area is 76.1 Å². The van der Waals surface area contributed by atoms with Crippen molar-refractivity contribution in [3.63, 3.8) is 0 Å². The first-order chi connectivity index (χ1) is 5.55. The average Bonchev–Trinajstić information content (AvgIpc) is 1.82. The monoisotopic (exact) mass is 170 g/mol. The summed E-state index contributed by atoms with van der Waals surface area (Å²) in [7, 11) is 0. The van der Waals surface area contributed by atoms with E-state index >= 15 is 0 Å². The van der Waals surface area contributed by atoms with Crippen molar-refractivity contribution in [2.24, 2.45) is 5.73 Å². The van der Waals surface area contributed by atoms with Crippen molar-refractivity contribution < 1.29 is 0 Å². The maximum Gasteiger partial charge on any atom is 0.0128 e. The molecule has 0 spiro atoms. The highest BCUT2D eigenvalue weighted by Gasteiger charge is 2.34. The van der Waals surface area contributed by atoms with Gasteiger partial charge >= 0.3 is 0 Å². The molecule has 1 fully saturated rings. The quantitative estimate of drug-likeness (QED) is 0.697. The average molecular weight is 170 g/mol. The van der Waals surface area contributed by atoms with Crippen LogP contribution < -0.4 is 5.73 Å². The Morgan fingerprint density at radius 3 is 2.42 bits per heavy atom. The van der Waals surface area contributed by atoms with Crippen molar-refractivity contribution in [2.45, 2.75) is 51.6 Å². The van der Waals surface area contributed by atoms with Gasteiger partial charge in [-0.1, -0.05) is 0 Å². The molecule has 0 aromatic carbocycles. The van der Waals surface area contributed by atoms with Gasteiger partial charge in [0.1, 0.15) is 0 Å². The SMILES string of the molecule is CC(C)(C)N1CCC1CCCN. The van der Waals surface area contributed by atoms with E-state index in [-0.39, 0.29) is 0 Å². The molecule has 1 rings (SSSR count). The summed E-state index contributed by atoms with van der Waals surface area (Å²) in [6.45, 7) is 9.00. The van der Waals surface area contributed by atoms with Gasteiger partial charge in [-0.2, -0.15) is 0 Å². The van der Waals surface area contributed by atoms with Crippen LogP contribution in [0.4, 0.5) is 0 Å². The van der Waals surface area contributed by atoms with Crippen molar-refractivity contribution in [3.8, 4) is 0 Å². The summed E-state index contributed by atoms with van der Waals surface area (Å²) in [6, 6.07) is 0.813. The molecule has 2 nitrogen and oxygen atoms in total. The molecule has 1 aliphatic rings. The van der Waals surface area contributed by atoms with E-state index in [4.69, 9.17) is 5.73 Å². The summed E-state index contributed by atoms with van der Waals surface area (Å²) < 4.78 is 0. The van der Waals surface area contributed by atoms with Crippen LogP contribution in [0.1, 0.15) is 40.0 Å². The molecule has 0 aliphatic carbocycles. The summed E-state index contributed by atoms with van der Waals surface area (Å²) in [5.41, 5.74) is 5.85. The smallest absolute Gasteiger partial charge is 0.0128 e. The Balaban J connectivity index is 2.29. The summed E-state index contributed by atoms with van der Waals surface area (Å²) in [5.74, 6) is 0. The summed E-state index contributed by atoms with van der Waals surface area (Å²) in [6.07, 6.45) is 3.84. The van der Waals surface area contributed by atoms with Gasteiger partial charge in [-0.25, -0.2) is 0 Å². The molecule has 1 unspecified atom stereocenters. The number of nitrogens with two attached hydrogens (primary N) is 1. The third-order valence-electron chi connectivity index (χ3n) is 2.75. The highest BCUT2D eigenvalue weighted by atomic mass is 15.3. The van der Waals surface area contributed by atoms with Crippen molar-refractivity contribution in [1.82, 2.24) is 4.90 Å². The predicted octanol–water partition coefficient (Wildman–Crippen LogP) is 1.60. The minimum atomic E-state index is 0.359. The van der Waals surface area contributed by atoms with Crippen LogP contribution in [0.2, 0.25) is 0 Å². The maximum atomic E-state index is 5.49. The lowest BCUT2D eigenvalue weighted by atomic mass is 9.90. The second kappa shape index (κ2) is 3.75. The fourth-order valence-corrected chi connectivity index (χ4v) is 1.98. The molecular weight excluding hydrogens is 148 g/mol.